The minimum absolute atomic E-state index is 0.243. The van der Waals surface area contributed by atoms with E-state index in [0.29, 0.717) is 17.5 Å². The molecule has 1 heterocycles. The Kier molecular flexibility index (Phi) is 4.40. The van der Waals surface area contributed by atoms with Crippen molar-refractivity contribution in [3.63, 3.8) is 0 Å². The number of rotatable bonds is 5. The van der Waals surface area contributed by atoms with Crippen LogP contribution in [0.25, 0.3) is 10.9 Å². The van der Waals surface area contributed by atoms with Crippen LogP contribution in [0.5, 0.6) is 0 Å². The molecule has 5 nitrogen and oxygen atoms in total. The second-order valence-electron chi connectivity index (χ2n) is 5.87. The number of hydrogen-bond acceptors (Lipinski definition) is 4. The molecular weight excluding hydrogens is 266 g/mol. The van der Waals surface area contributed by atoms with Gasteiger partial charge in [0.05, 0.1) is 11.1 Å². The molecule has 0 saturated carbocycles. The molecule has 112 valence electrons. The van der Waals surface area contributed by atoms with Crippen molar-refractivity contribution < 1.29 is 9.90 Å². The molecule has 0 spiro atoms. The molecule has 0 atom stereocenters. The summed E-state index contributed by atoms with van der Waals surface area (Å²) in [6.45, 7) is 9.48. The Morgan fingerprint density at radius 2 is 1.95 bits per heavy atom. The van der Waals surface area contributed by atoms with Crippen LogP contribution in [0.2, 0.25) is 0 Å². The van der Waals surface area contributed by atoms with Gasteiger partial charge < -0.3 is 10.0 Å². The molecule has 0 amide bonds. The third kappa shape index (κ3) is 3.29. The highest BCUT2D eigenvalue weighted by molar-refractivity contribution is 5.96. The fourth-order valence-electron chi connectivity index (χ4n) is 2.34. The summed E-state index contributed by atoms with van der Waals surface area (Å²) in [7, 11) is 0. The summed E-state index contributed by atoms with van der Waals surface area (Å²) in [6, 6.07) is 5.30. The zero-order chi connectivity index (χ0) is 15.6. The van der Waals surface area contributed by atoms with Gasteiger partial charge in [0, 0.05) is 18.0 Å². The zero-order valence-electron chi connectivity index (χ0n) is 12.9. The van der Waals surface area contributed by atoms with Crippen molar-refractivity contribution in [2.75, 3.05) is 11.4 Å². The molecule has 0 unspecified atom stereocenters. The van der Waals surface area contributed by atoms with Crippen molar-refractivity contribution in [1.29, 1.82) is 0 Å². The summed E-state index contributed by atoms with van der Waals surface area (Å²) in [6.07, 6.45) is 1.50. The number of carboxylic acids is 1. The summed E-state index contributed by atoms with van der Waals surface area (Å²) in [5.41, 5.74) is 0.904. The number of carboxylic acid groups (broad SMARTS) is 1. The quantitative estimate of drug-likeness (QED) is 0.914. The average Bonchev–Trinajstić information content (AvgIpc) is 2.43. The van der Waals surface area contributed by atoms with E-state index in [9.17, 15) is 4.79 Å². The molecule has 0 aliphatic carbocycles. The van der Waals surface area contributed by atoms with Crippen molar-refractivity contribution in [1.82, 2.24) is 9.97 Å². The number of anilines is 1. The first-order chi connectivity index (χ1) is 9.90. The van der Waals surface area contributed by atoms with Crippen LogP contribution in [0.15, 0.2) is 24.5 Å². The summed E-state index contributed by atoms with van der Waals surface area (Å²) in [5, 5.41) is 9.96. The van der Waals surface area contributed by atoms with Crippen LogP contribution >= 0.6 is 0 Å². The van der Waals surface area contributed by atoms with E-state index in [1.54, 1.807) is 18.2 Å². The first-order valence-electron chi connectivity index (χ1n) is 7.15. The minimum Gasteiger partial charge on any atom is -0.478 e. The van der Waals surface area contributed by atoms with Crippen molar-refractivity contribution in [2.24, 2.45) is 5.92 Å². The third-order valence-electron chi connectivity index (χ3n) is 3.32. The van der Waals surface area contributed by atoms with Gasteiger partial charge in [-0.3, -0.25) is 0 Å². The Hall–Kier alpha value is -2.17. The average molecular weight is 287 g/mol. The Bertz CT molecular complexity index is 653. The largest absolute Gasteiger partial charge is 0.478 e. The monoisotopic (exact) mass is 287 g/mol. The van der Waals surface area contributed by atoms with E-state index in [1.807, 2.05) is 0 Å². The lowest BCUT2D eigenvalue weighted by Gasteiger charge is -2.30. The molecule has 0 radical (unpaired) electrons. The highest BCUT2D eigenvalue weighted by Crippen LogP contribution is 2.26. The second-order valence-corrected chi connectivity index (χ2v) is 5.87. The molecule has 21 heavy (non-hydrogen) atoms. The van der Waals surface area contributed by atoms with Gasteiger partial charge >= 0.3 is 5.97 Å². The van der Waals surface area contributed by atoms with E-state index >= 15 is 0 Å². The molecule has 2 aromatic rings. The van der Waals surface area contributed by atoms with Crippen molar-refractivity contribution in [3.05, 3.63) is 30.1 Å². The predicted octanol–water partition coefficient (Wildman–Crippen LogP) is 3.20. The van der Waals surface area contributed by atoms with Gasteiger partial charge in [-0.1, -0.05) is 13.8 Å². The number of fused-ring (bicyclic) bond motifs is 1. The second kappa shape index (κ2) is 6.08. The molecule has 0 aliphatic rings. The van der Waals surface area contributed by atoms with Crippen LogP contribution in [-0.2, 0) is 0 Å². The topological polar surface area (TPSA) is 66.3 Å². The van der Waals surface area contributed by atoms with Crippen molar-refractivity contribution in [3.8, 4) is 0 Å². The zero-order valence-corrected chi connectivity index (χ0v) is 12.9. The van der Waals surface area contributed by atoms with Crippen LogP contribution in [0.4, 0.5) is 5.82 Å². The maximum Gasteiger partial charge on any atom is 0.335 e. The maximum atomic E-state index is 11.1. The molecule has 1 N–H and O–H groups in total. The lowest BCUT2D eigenvalue weighted by atomic mass is 10.1. The number of benzene rings is 1. The van der Waals surface area contributed by atoms with Gasteiger partial charge in [0.15, 0.2) is 0 Å². The van der Waals surface area contributed by atoms with Gasteiger partial charge in [0.1, 0.15) is 12.1 Å². The van der Waals surface area contributed by atoms with E-state index in [2.05, 4.69) is 42.6 Å². The minimum atomic E-state index is -0.944. The van der Waals surface area contributed by atoms with Gasteiger partial charge in [0.25, 0.3) is 0 Å². The summed E-state index contributed by atoms with van der Waals surface area (Å²) in [5.74, 6) is 0.427. The summed E-state index contributed by atoms with van der Waals surface area (Å²) < 4.78 is 0. The van der Waals surface area contributed by atoms with Crippen LogP contribution in [-0.4, -0.2) is 33.6 Å². The first kappa shape index (κ1) is 15.2. The van der Waals surface area contributed by atoms with Crippen LogP contribution < -0.4 is 4.90 Å². The number of aromatic nitrogens is 2. The maximum absolute atomic E-state index is 11.1. The summed E-state index contributed by atoms with van der Waals surface area (Å²) >= 11 is 0. The molecule has 2 rings (SSSR count). The highest BCUT2D eigenvalue weighted by atomic mass is 16.4. The number of nitrogens with zero attached hydrogens (tertiary/aromatic N) is 3. The van der Waals surface area contributed by atoms with Gasteiger partial charge in [0.2, 0.25) is 0 Å². The first-order valence-corrected chi connectivity index (χ1v) is 7.15. The fraction of sp³-hybridized carbons (Fsp3) is 0.438. The van der Waals surface area contributed by atoms with Gasteiger partial charge in [-0.15, -0.1) is 0 Å². The summed E-state index contributed by atoms with van der Waals surface area (Å²) in [4.78, 5) is 21.9. The van der Waals surface area contributed by atoms with Gasteiger partial charge in [-0.2, -0.15) is 0 Å². The Labute approximate surface area is 124 Å². The van der Waals surface area contributed by atoms with E-state index < -0.39 is 5.97 Å². The van der Waals surface area contributed by atoms with E-state index in [-0.39, 0.29) is 5.56 Å². The lowest BCUT2D eigenvalue weighted by Crippen LogP contribution is -2.35. The Morgan fingerprint density at radius 1 is 1.24 bits per heavy atom. The van der Waals surface area contributed by atoms with E-state index in [4.69, 9.17) is 5.11 Å². The predicted molar refractivity (Wildman–Crippen MR) is 83.8 cm³/mol. The van der Waals surface area contributed by atoms with E-state index in [0.717, 1.165) is 17.7 Å². The van der Waals surface area contributed by atoms with Crippen LogP contribution in [0.3, 0.4) is 0 Å². The molecule has 0 bridgehead atoms. The molecule has 0 saturated heterocycles. The SMILES string of the molecule is CC(C)CN(c1ncnc2cc(C(=O)O)ccc12)C(C)C. The van der Waals surface area contributed by atoms with Crippen molar-refractivity contribution in [2.45, 2.75) is 33.7 Å². The number of aromatic carboxylic acids is 1. The highest BCUT2D eigenvalue weighted by Gasteiger charge is 2.17. The molecule has 0 fully saturated rings. The van der Waals surface area contributed by atoms with Gasteiger partial charge in [-0.25, -0.2) is 14.8 Å². The van der Waals surface area contributed by atoms with Gasteiger partial charge in [-0.05, 0) is 38.0 Å². The molecule has 1 aromatic carbocycles. The lowest BCUT2D eigenvalue weighted by molar-refractivity contribution is 0.0697. The third-order valence-corrected chi connectivity index (χ3v) is 3.32. The van der Waals surface area contributed by atoms with Crippen molar-refractivity contribution >= 4 is 22.7 Å². The number of carbonyl (C=O) groups is 1. The van der Waals surface area contributed by atoms with Crippen LogP contribution in [0, 0.1) is 5.92 Å². The molecule has 5 heteroatoms. The molecule has 0 aliphatic heterocycles. The number of hydrogen-bond donors (Lipinski definition) is 1. The van der Waals surface area contributed by atoms with E-state index in [1.165, 1.54) is 6.33 Å². The molecule has 1 aromatic heterocycles. The smallest absolute Gasteiger partial charge is 0.335 e. The fourth-order valence-corrected chi connectivity index (χ4v) is 2.34. The normalized spacial score (nSPS) is 11.3. The van der Waals surface area contributed by atoms with Crippen LogP contribution in [0.1, 0.15) is 38.1 Å². The Balaban J connectivity index is 2.55. The molecular formula is C16H21N3O2. The Morgan fingerprint density at radius 3 is 2.52 bits per heavy atom. The standard InChI is InChI=1S/C16H21N3O2/c1-10(2)8-19(11(3)4)15-13-6-5-12(16(20)21)7-14(13)17-9-18-15/h5-7,9-11H,8H2,1-4H3,(H,20,21).